The second-order valence-corrected chi connectivity index (χ2v) is 5.34. The molecule has 0 unspecified atom stereocenters. The molecule has 3 heteroatoms. The minimum atomic E-state index is 0.543. The molecule has 1 aliphatic carbocycles. The lowest BCUT2D eigenvalue weighted by Crippen LogP contribution is -2.32. The Hall–Kier alpha value is -0.510. The van der Waals surface area contributed by atoms with E-state index in [4.69, 9.17) is 4.84 Å². The molecule has 0 saturated heterocycles. The second kappa shape index (κ2) is 6.28. The molecule has 0 bridgehead atoms. The summed E-state index contributed by atoms with van der Waals surface area (Å²) < 4.78 is 0. The molecule has 0 heterocycles. The van der Waals surface area contributed by atoms with Crippen LogP contribution in [-0.4, -0.2) is 18.9 Å². The van der Waals surface area contributed by atoms with E-state index < -0.39 is 0 Å². The molecular formula is C13H19NOS. The Kier molecular flexibility index (Phi) is 4.69. The van der Waals surface area contributed by atoms with Crippen molar-refractivity contribution in [1.29, 1.82) is 0 Å². The van der Waals surface area contributed by atoms with E-state index in [1.807, 2.05) is 11.8 Å². The van der Waals surface area contributed by atoms with E-state index in [-0.39, 0.29) is 0 Å². The van der Waals surface area contributed by atoms with Crippen LogP contribution in [0.25, 0.3) is 0 Å². The lowest BCUT2D eigenvalue weighted by Gasteiger charge is -2.19. The minimum Gasteiger partial charge on any atom is -0.305 e. The molecule has 1 saturated carbocycles. The van der Waals surface area contributed by atoms with Crippen molar-refractivity contribution < 1.29 is 4.84 Å². The third kappa shape index (κ3) is 3.24. The van der Waals surface area contributed by atoms with Crippen molar-refractivity contribution in [2.45, 2.75) is 30.2 Å². The van der Waals surface area contributed by atoms with Gasteiger partial charge in [-0.25, -0.2) is 0 Å². The highest BCUT2D eigenvalue weighted by molar-refractivity contribution is 7.99. The van der Waals surface area contributed by atoms with Gasteiger partial charge >= 0.3 is 0 Å². The van der Waals surface area contributed by atoms with Crippen LogP contribution in [0.15, 0.2) is 35.2 Å². The van der Waals surface area contributed by atoms with Gasteiger partial charge in [0.2, 0.25) is 0 Å². The predicted octanol–water partition coefficient (Wildman–Crippen LogP) is 3.10. The molecule has 0 aromatic heterocycles. The molecule has 2 atom stereocenters. The first-order chi connectivity index (χ1) is 7.90. The van der Waals surface area contributed by atoms with Gasteiger partial charge in [0.05, 0.1) is 7.11 Å². The summed E-state index contributed by atoms with van der Waals surface area (Å²) in [6.07, 6.45) is 3.88. The summed E-state index contributed by atoms with van der Waals surface area (Å²) in [5.74, 6) is 1.93. The highest BCUT2D eigenvalue weighted by Gasteiger charge is 2.26. The van der Waals surface area contributed by atoms with Gasteiger partial charge in [0, 0.05) is 16.7 Å². The number of rotatable bonds is 5. The first-order valence-corrected chi connectivity index (χ1v) is 6.85. The summed E-state index contributed by atoms with van der Waals surface area (Å²) in [5, 5.41) is 0. The van der Waals surface area contributed by atoms with Gasteiger partial charge in [-0.3, -0.25) is 0 Å². The molecule has 16 heavy (non-hydrogen) atoms. The second-order valence-electron chi connectivity index (χ2n) is 4.24. The predicted molar refractivity (Wildman–Crippen MR) is 68.4 cm³/mol. The lowest BCUT2D eigenvalue weighted by atomic mass is 10.1. The molecule has 88 valence electrons. The van der Waals surface area contributed by atoms with Crippen LogP contribution in [0.4, 0.5) is 0 Å². The van der Waals surface area contributed by atoms with Crippen molar-refractivity contribution in [3.8, 4) is 0 Å². The summed E-state index contributed by atoms with van der Waals surface area (Å²) in [6, 6.07) is 11.2. The molecule has 1 N–H and O–H groups in total. The molecule has 2 rings (SSSR count). The third-order valence-electron chi connectivity index (χ3n) is 3.14. The van der Waals surface area contributed by atoms with E-state index in [1.54, 1.807) is 7.11 Å². The number of hydrogen-bond donors (Lipinski definition) is 1. The summed E-state index contributed by atoms with van der Waals surface area (Å²) >= 11 is 1.95. The monoisotopic (exact) mass is 237 g/mol. The van der Waals surface area contributed by atoms with Gasteiger partial charge in [-0.1, -0.05) is 24.6 Å². The average molecular weight is 237 g/mol. The van der Waals surface area contributed by atoms with E-state index >= 15 is 0 Å². The van der Waals surface area contributed by atoms with Gasteiger partial charge in [-0.05, 0) is 30.9 Å². The Bertz CT molecular complexity index is 304. The van der Waals surface area contributed by atoms with Crippen molar-refractivity contribution in [2.75, 3.05) is 12.9 Å². The van der Waals surface area contributed by atoms with Crippen LogP contribution in [0.1, 0.15) is 19.3 Å². The summed E-state index contributed by atoms with van der Waals surface area (Å²) in [4.78, 5) is 6.42. The van der Waals surface area contributed by atoms with Crippen LogP contribution < -0.4 is 5.48 Å². The Morgan fingerprint density at radius 2 is 2.12 bits per heavy atom. The van der Waals surface area contributed by atoms with Gasteiger partial charge in [0.1, 0.15) is 0 Å². The first-order valence-electron chi connectivity index (χ1n) is 5.86. The van der Waals surface area contributed by atoms with E-state index in [0.717, 1.165) is 5.92 Å². The Balaban J connectivity index is 1.81. The van der Waals surface area contributed by atoms with Crippen LogP contribution in [0.3, 0.4) is 0 Å². The maximum absolute atomic E-state index is 5.05. The number of hydroxylamine groups is 1. The average Bonchev–Trinajstić information content (AvgIpc) is 2.76. The smallest absolute Gasteiger partial charge is 0.0572 e. The normalized spacial score (nSPS) is 24.8. The maximum Gasteiger partial charge on any atom is 0.0572 e. The Morgan fingerprint density at radius 3 is 2.88 bits per heavy atom. The highest BCUT2D eigenvalue weighted by atomic mass is 32.2. The third-order valence-corrected chi connectivity index (χ3v) is 4.34. The Morgan fingerprint density at radius 1 is 1.31 bits per heavy atom. The molecule has 0 aliphatic heterocycles. The van der Waals surface area contributed by atoms with Crippen molar-refractivity contribution in [3.63, 3.8) is 0 Å². The fraction of sp³-hybridized carbons (Fsp3) is 0.538. The SMILES string of the molecule is CON[C@@H]1CCC[C@H]1CSc1ccccc1. The number of thioether (sulfide) groups is 1. The molecular weight excluding hydrogens is 218 g/mol. The summed E-state index contributed by atoms with van der Waals surface area (Å²) in [7, 11) is 1.71. The van der Waals surface area contributed by atoms with E-state index in [1.165, 1.54) is 29.9 Å². The summed E-state index contributed by atoms with van der Waals surface area (Å²) in [6.45, 7) is 0. The molecule has 0 spiro atoms. The molecule has 1 fully saturated rings. The quantitative estimate of drug-likeness (QED) is 0.628. The molecule has 0 amide bonds. The van der Waals surface area contributed by atoms with Gasteiger partial charge in [-0.15, -0.1) is 11.8 Å². The standard InChI is InChI=1S/C13H19NOS/c1-15-14-13-9-5-6-11(13)10-16-12-7-3-2-4-8-12/h2-4,7-8,11,13-14H,5-6,9-10H2,1H3/t11-,13+/m0/s1. The molecule has 1 aliphatic rings. The van der Waals surface area contributed by atoms with Crippen molar-refractivity contribution >= 4 is 11.8 Å². The number of hydrogen-bond acceptors (Lipinski definition) is 3. The Labute approximate surface area is 102 Å². The van der Waals surface area contributed by atoms with Crippen LogP contribution in [0.5, 0.6) is 0 Å². The van der Waals surface area contributed by atoms with Crippen LogP contribution in [-0.2, 0) is 4.84 Å². The number of benzene rings is 1. The largest absolute Gasteiger partial charge is 0.305 e. The van der Waals surface area contributed by atoms with Crippen LogP contribution in [0, 0.1) is 5.92 Å². The highest BCUT2D eigenvalue weighted by Crippen LogP contribution is 2.31. The number of nitrogens with one attached hydrogen (secondary N) is 1. The van der Waals surface area contributed by atoms with Crippen LogP contribution in [0.2, 0.25) is 0 Å². The van der Waals surface area contributed by atoms with E-state index in [9.17, 15) is 0 Å². The lowest BCUT2D eigenvalue weighted by molar-refractivity contribution is 0.0518. The van der Waals surface area contributed by atoms with Gasteiger partial charge in [0.15, 0.2) is 0 Å². The zero-order valence-corrected chi connectivity index (χ0v) is 10.5. The summed E-state index contributed by atoms with van der Waals surface area (Å²) in [5.41, 5.74) is 3.12. The van der Waals surface area contributed by atoms with Gasteiger partial charge in [-0.2, -0.15) is 5.48 Å². The fourth-order valence-corrected chi connectivity index (χ4v) is 3.42. The molecule has 1 aromatic rings. The van der Waals surface area contributed by atoms with E-state index in [0.29, 0.717) is 6.04 Å². The van der Waals surface area contributed by atoms with Gasteiger partial charge in [0.25, 0.3) is 0 Å². The van der Waals surface area contributed by atoms with Crippen molar-refractivity contribution in [3.05, 3.63) is 30.3 Å². The maximum atomic E-state index is 5.05. The van der Waals surface area contributed by atoms with Crippen molar-refractivity contribution in [1.82, 2.24) is 5.48 Å². The minimum absolute atomic E-state index is 0.543. The molecule has 2 nitrogen and oxygen atoms in total. The fourth-order valence-electron chi connectivity index (χ4n) is 2.26. The zero-order chi connectivity index (χ0) is 11.2. The molecule has 1 aromatic carbocycles. The van der Waals surface area contributed by atoms with Gasteiger partial charge < -0.3 is 4.84 Å². The van der Waals surface area contributed by atoms with Crippen molar-refractivity contribution in [2.24, 2.45) is 5.92 Å². The zero-order valence-electron chi connectivity index (χ0n) is 9.69. The topological polar surface area (TPSA) is 21.3 Å². The first kappa shape index (κ1) is 12.0. The van der Waals surface area contributed by atoms with E-state index in [2.05, 4.69) is 35.8 Å². The van der Waals surface area contributed by atoms with Crippen LogP contribution >= 0.6 is 11.8 Å². The molecule has 0 radical (unpaired) electrons.